The summed E-state index contributed by atoms with van der Waals surface area (Å²) in [6.07, 6.45) is 3.45. The van der Waals surface area contributed by atoms with Crippen LogP contribution in [0.4, 0.5) is 11.5 Å². The Labute approximate surface area is 152 Å². The quantitative estimate of drug-likeness (QED) is 0.802. The van der Waals surface area contributed by atoms with Gasteiger partial charge in [0.1, 0.15) is 5.69 Å². The Morgan fingerprint density at radius 1 is 1.00 bits per heavy atom. The number of nitrogens with zero attached hydrogens (tertiary/aromatic N) is 6. The standard InChI is InChI=1S/C18H22N6O2/c25-18(16-3-1-2-4-19-16)24-7-5-23(6-8-24)17-13-15(14-20-21-17)22-9-11-26-12-10-22/h1-4,13-14H,5-12H2. The number of rotatable bonds is 3. The molecule has 2 aliphatic heterocycles. The van der Waals surface area contributed by atoms with Crippen LogP contribution in [0.5, 0.6) is 0 Å². The Morgan fingerprint density at radius 3 is 2.54 bits per heavy atom. The highest BCUT2D eigenvalue weighted by Crippen LogP contribution is 2.21. The molecule has 0 radical (unpaired) electrons. The van der Waals surface area contributed by atoms with Gasteiger partial charge in [-0.3, -0.25) is 9.78 Å². The molecule has 0 atom stereocenters. The summed E-state index contributed by atoms with van der Waals surface area (Å²) in [5.41, 5.74) is 1.57. The molecule has 0 spiro atoms. The van der Waals surface area contributed by atoms with Gasteiger partial charge in [-0.2, -0.15) is 5.10 Å². The minimum Gasteiger partial charge on any atom is -0.378 e. The molecule has 0 aliphatic carbocycles. The van der Waals surface area contributed by atoms with Crippen LogP contribution in [0.1, 0.15) is 10.5 Å². The van der Waals surface area contributed by atoms with Crippen LogP contribution in [-0.4, -0.2) is 78.5 Å². The van der Waals surface area contributed by atoms with Crippen LogP contribution < -0.4 is 9.80 Å². The number of carbonyl (C=O) groups excluding carboxylic acids is 1. The number of amides is 1. The number of ether oxygens (including phenoxy) is 1. The van der Waals surface area contributed by atoms with Crippen molar-refractivity contribution in [3.63, 3.8) is 0 Å². The Morgan fingerprint density at radius 2 is 1.81 bits per heavy atom. The van der Waals surface area contributed by atoms with Crippen molar-refractivity contribution in [1.29, 1.82) is 0 Å². The summed E-state index contributed by atoms with van der Waals surface area (Å²) in [6.45, 7) is 6.00. The van der Waals surface area contributed by atoms with Crippen molar-refractivity contribution in [1.82, 2.24) is 20.1 Å². The Balaban J connectivity index is 1.39. The van der Waals surface area contributed by atoms with Gasteiger partial charge in [0.2, 0.25) is 0 Å². The SMILES string of the molecule is O=C(c1ccccn1)N1CCN(c2cc(N3CCOCC3)cnn2)CC1. The molecule has 26 heavy (non-hydrogen) atoms. The van der Waals surface area contributed by atoms with E-state index >= 15 is 0 Å². The van der Waals surface area contributed by atoms with Crippen molar-refractivity contribution < 1.29 is 9.53 Å². The zero-order valence-corrected chi connectivity index (χ0v) is 14.6. The lowest BCUT2D eigenvalue weighted by Crippen LogP contribution is -2.49. The Bertz CT molecular complexity index is 742. The van der Waals surface area contributed by atoms with Gasteiger partial charge in [0.05, 0.1) is 25.1 Å². The first-order valence-electron chi connectivity index (χ1n) is 8.92. The van der Waals surface area contributed by atoms with E-state index in [-0.39, 0.29) is 5.91 Å². The number of carbonyl (C=O) groups is 1. The van der Waals surface area contributed by atoms with Gasteiger partial charge >= 0.3 is 0 Å². The monoisotopic (exact) mass is 354 g/mol. The third kappa shape index (κ3) is 3.60. The number of aromatic nitrogens is 3. The zero-order chi connectivity index (χ0) is 17.8. The molecule has 0 N–H and O–H groups in total. The summed E-state index contributed by atoms with van der Waals surface area (Å²) >= 11 is 0. The minimum atomic E-state index is -0.0154. The summed E-state index contributed by atoms with van der Waals surface area (Å²) in [5, 5.41) is 8.46. The Hall–Kier alpha value is -2.74. The van der Waals surface area contributed by atoms with Crippen LogP contribution >= 0.6 is 0 Å². The molecule has 8 nitrogen and oxygen atoms in total. The van der Waals surface area contributed by atoms with Gasteiger partial charge in [-0.05, 0) is 12.1 Å². The van der Waals surface area contributed by atoms with Gasteiger partial charge in [-0.25, -0.2) is 0 Å². The number of morpholine rings is 1. The van der Waals surface area contributed by atoms with E-state index in [0.717, 1.165) is 50.9 Å². The highest BCUT2D eigenvalue weighted by molar-refractivity contribution is 5.92. The van der Waals surface area contributed by atoms with E-state index in [9.17, 15) is 4.79 Å². The molecule has 2 aliphatic rings. The smallest absolute Gasteiger partial charge is 0.272 e. The molecular formula is C18H22N6O2. The molecule has 0 saturated carbocycles. The van der Waals surface area contributed by atoms with Crippen LogP contribution in [0, 0.1) is 0 Å². The minimum absolute atomic E-state index is 0.0154. The van der Waals surface area contributed by atoms with E-state index in [1.807, 2.05) is 17.0 Å². The molecule has 4 heterocycles. The van der Waals surface area contributed by atoms with Crippen molar-refractivity contribution >= 4 is 17.4 Å². The van der Waals surface area contributed by atoms with Crippen LogP contribution in [0.25, 0.3) is 0 Å². The largest absolute Gasteiger partial charge is 0.378 e. The van der Waals surface area contributed by atoms with Crippen LogP contribution in [0.2, 0.25) is 0 Å². The molecule has 2 saturated heterocycles. The first kappa shape index (κ1) is 16.7. The first-order valence-corrected chi connectivity index (χ1v) is 8.92. The molecule has 136 valence electrons. The molecule has 2 aromatic heterocycles. The third-order valence-electron chi connectivity index (χ3n) is 4.78. The zero-order valence-electron chi connectivity index (χ0n) is 14.6. The molecule has 2 aromatic rings. The predicted octanol–water partition coefficient (Wildman–Crippen LogP) is 0.671. The number of piperazine rings is 1. The second-order valence-electron chi connectivity index (χ2n) is 6.37. The number of hydrogen-bond donors (Lipinski definition) is 0. The average Bonchev–Trinajstić information content (AvgIpc) is 2.75. The van der Waals surface area contributed by atoms with E-state index in [2.05, 4.69) is 31.0 Å². The number of hydrogen-bond acceptors (Lipinski definition) is 7. The summed E-state index contributed by atoms with van der Waals surface area (Å²) in [7, 11) is 0. The number of anilines is 2. The van der Waals surface area contributed by atoms with Crippen molar-refractivity contribution in [3.8, 4) is 0 Å². The van der Waals surface area contributed by atoms with Gasteiger partial charge < -0.3 is 19.4 Å². The second kappa shape index (κ2) is 7.65. The maximum atomic E-state index is 12.5. The van der Waals surface area contributed by atoms with Crippen molar-refractivity contribution in [2.24, 2.45) is 0 Å². The predicted molar refractivity (Wildman–Crippen MR) is 97.4 cm³/mol. The highest BCUT2D eigenvalue weighted by Gasteiger charge is 2.24. The molecule has 4 rings (SSSR count). The summed E-state index contributed by atoms with van der Waals surface area (Å²) in [5.74, 6) is 0.845. The summed E-state index contributed by atoms with van der Waals surface area (Å²) in [6, 6.07) is 7.48. The van der Waals surface area contributed by atoms with Crippen LogP contribution in [0.3, 0.4) is 0 Å². The normalized spacial score (nSPS) is 18.1. The summed E-state index contributed by atoms with van der Waals surface area (Å²) in [4.78, 5) is 22.9. The van der Waals surface area contributed by atoms with E-state index in [1.165, 1.54) is 0 Å². The topological polar surface area (TPSA) is 74.7 Å². The summed E-state index contributed by atoms with van der Waals surface area (Å²) < 4.78 is 5.41. The van der Waals surface area contributed by atoms with Gasteiger partial charge in [0.15, 0.2) is 5.82 Å². The van der Waals surface area contributed by atoms with Crippen molar-refractivity contribution in [3.05, 3.63) is 42.4 Å². The molecule has 0 bridgehead atoms. The maximum absolute atomic E-state index is 12.5. The van der Waals surface area contributed by atoms with Crippen molar-refractivity contribution in [2.75, 3.05) is 62.3 Å². The van der Waals surface area contributed by atoms with E-state index in [4.69, 9.17) is 4.74 Å². The maximum Gasteiger partial charge on any atom is 0.272 e. The van der Waals surface area contributed by atoms with Crippen molar-refractivity contribution in [2.45, 2.75) is 0 Å². The van der Waals surface area contributed by atoms with Crippen LogP contribution in [0.15, 0.2) is 36.7 Å². The van der Waals surface area contributed by atoms with E-state index < -0.39 is 0 Å². The second-order valence-corrected chi connectivity index (χ2v) is 6.37. The van der Waals surface area contributed by atoms with E-state index in [0.29, 0.717) is 18.8 Å². The Kier molecular flexibility index (Phi) is 4.92. The first-order chi connectivity index (χ1) is 12.8. The molecule has 0 aromatic carbocycles. The number of pyridine rings is 1. The fourth-order valence-electron chi connectivity index (χ4n) is 3.28. The highest BCUT2D eigenvalue weighted by atomic mass is 16.5. The average molecular weight is 354 g/mol. The van der Waals surface area contributed by atoms with Gasteiger partial charge in [0, 0.05) is 51.5 Å². The molecule has 2 fully saturated rings. The lowest BCUT2D eigenvalue weighted by molar-refractivity contribution is 0.0740. The third-order valence-corrected chi connectivity index (χ3v) is 4.78. The molecular weight excluding hydrogens is 332 g/mol. The molecule has 1 amide bonds. The van der Waals surface area contributed by atoms with Gasteiger partial charge in [0.25, 0.3) is 5.91 Å². The molecule has 0 unspecified atom stereocenters. The fraction of sp³-hybridized carbons (Fsp3) is 0.444. The lowest BCUT2D eigenvalue weighted by atomic mass is 10.2. The van der Waals surface area contributed by atoms with Gasteiger partial charge in [-0.15, -0.1) is 5.10 Å². The fourth-order valence-corrected chi connectivity index (χ4v) is 3.28. The van der Waals surface area contributed by atoms with Crippen LogP contribution in [-0.2, 0) is 4.74 Å². The van der Waals surface area contributed by atoms with Gasteiger partial charge in [-0.1, -0.05) is 6.07 Å². The van der Waals surface area contributed by atoms with E-state index in [1.54, 1.807) is 18.5 Å². The lowest BCUT2D eigenvalue weighted by Gasteiger charge is -2.35. The molecule has 8 heteroatoms.